The van der Waals surface area contributed by atoms with E-state index in [0.717, 1.165) is 30.2 Å². The van der Waals surface area contributed by atoms with Crippen molar-refractivity contribution >= 4 is 0 Å². The van der Waals surface area contributed by atoms with Crippen LogP contribution in [0.25, 0.3) is 0 Å². The van der Waals surface area contributed by atoms with Crippen molar-refractivity contribution in [3.05, 3.63) is 23.8 Å². The molecule has 0 amide bonds. The van der Waals surface area contributed by atoms with Gasteiger partial charge in [-0.3, -0.25) is 0 Å². The van der Waals surface area contributed by atoms with E-state index < -0.39 is 0 Å². The van der Waals surface area contributed by atoms with Gasteiger partial charge in [0.2, 0.25) is 0 Å². The number of rotatable bonds is 3. The highest BCUT2D eigenvalue weighted by Gasteiger charge is 2.23. The number of ether oxygens (including phenoxy) is 3. The summed E-state index contributed by atoms with van der Waals surface area (Å²) in [6.45, 7) is 3.75. The SMILES string of the molecule is COc1ccc(OC)c(C2CNCC(C)O2)c1. The first-order chi connectivity index (χ1) is 8.24. The van der Waals surface area contributed by atoms with Crippen molar-refractivity contribution in [2.45, 2.75) is 19.1 Å². The molecule has 1 heterocycles. The molecule has 2 rings (SSSR count). The Labute approximate surface area is 102 Å². The van der Waals surface area contributed by atoms with Crippen molar-refractivity contribution in [2.24, 2.45) is 0 Å². The molecule has 1 aromatic carbocycles. The molecule has 2 atom stereocenters. The summed E-state index contributed by atoms with van der Waals surface area (Å²) in [5, 5.41) is 3.35. The van der Waals surface area contributed by atoms with Crippen molar-refractivity contribution in [3.8, 4) is 11.5 Å². The second-order valence-electron chi connectivity index (χ2n) is 4.20. The summed E-state index contributed by atoms with van der Waals surface area (Å²) < 4.78 is 16.5. The Balaban J connectivity index is 2.27. The number of nitrogens with one attached hydrogen (secondary N) is 1. The number of hydrogen-bond acceptors (Lipinski definition) is 4. The predicted molar refractivity (Wildman–Crippen MR) is 65.7 cm³/mol. The molecule has 4 heteroatoms. The van der Waals surface area contributed by atoms with E-state index in [1.807, 2.05) is 18.2 Å². The minimum Gasteiger partial charge on any atom is -0.497 e. The molecule has 94 valence electrons. The summed E-state index contributed by atoms with van der Waals surface area (Å²) in [4.78, 5) is 0. The second-order valence-corrected chi connectivity index (χ2v) is 4.20. The molecular weight excluding hydrogens is 218 g/mol. The van der Waals surface area contributed by atoms with Crippen molar-refractivity contribution in [1.82, 2.24) is 5.32 Å². The van der Waals surface area contributed by atoms with Crippen LogP contribution in [0.3, 0.4) is 0 Å². The van der Waals surface area contributed by atoms with Gasteiger partial charge >= 0.3 is 0 Å². The van der Waals surface area contributed by atoms with E-state index in [-0.39, 0.29) is 12.2 Å². The highest BCUT2D eigenvalue weighted by Crippen LogP contribution is 2.32. The fraction of sp³-hybridized carbons (Fsp3) is 0.538. The van der Waals surface area contributed by atoms with Crippen molar-refractivity contribution in [3.63, 3.8) is 0 Å². The van der Waals surface area contributed by atoms with Crippen LogP contribution in [-0.2, 0) is 4.74 Å². The van der Waals surface area contributed by atoms with Gasteiger partial charge in [-0.25, -0.2) is 0 Å². The molecule has 4 nitrogen and oxygen atoms in total. The van der Waals surface area contributed by atoms with Gasteiger partial charge in [0.15, 0.2) is 0 Å². The van der Waals surface area contributed by atoms with Gasteiger partial charge < -0.3 is 19.5 Å². The number of morpholine rings is 1. The smallest absolute Gasteiger partial charge is 0.124 e. The molecular formula is C13H19NO3. The number of methoxy groups -OCH3 is 2. The van der Waals surface area contributed by atoms with Gasteiger partial charge in [0, 0.05) is 18.7 Å². The summed E-state index contributed by atoms with van der Waals surface area (Å²) in [6.07, 6.45) is 0.230. The number of benzene rings is 1. The van der Waals surface area contributed by atoms with E-state index in [1.54, 1.807) is 14.2 Å². The molecule has 17 heavy (non-hydrogen) atoms. The molecule has 0 radical (unpaired) electrons. The van der Waals surface area contributed by atoms with Gasteiger partial charge in [0.05, 0.1) is 26.4 Å². The van der Waals surface area contributed by atoms with Crippen LogP contribution in [0.15, 0.2) is 18.2 Å². The zero-order valence-corrected chi connectivity index (χ0v) is 10.5. The molecule has 0 aromatic heterocycles. The zero-order chi connectivity index (χ0) is 12.3. The minimum absolute atomic E-state index is 0.0174. The van der Waals surface area contributed by atoms with Gasteiger partial charge in [-0.05, 0) is 25.1 Å². The quantitative estimate of drug-likeness (QED) is 0.869. The van der Waals surface area contributed by atoms with E-state index in [9.17, 15) is 0 Å². The summed E-state index contributed by atoms with van der Waals surface area (Å²) in [7, 11) is 3.33. The normalized spacial score (nSPS) is 24.4. The molecule has 0 aliphatic carbocycles. The van der Waals surface area contributed by atoms with Crippen molar-refractivity contribution in [2.75, 3.05) is 27.3 Å². The maximum atomic E-state index is 5.92. The second kappa shape index (κ2) is 5.38. The standard InChI is InChI=1S/C13H19NO3/c1-9-7-14-8-13(17-9)11-6-10(15-2)4-5-12(11)16-3/h4-6,9,13-14H,7-8H2,1-3H3. The average Bonchev–Trinajstić information content (AvgIpc) is 2.38. The lowest BCUT2D eigenvalue weighted by atomic mass is 10.1. The highest BCUT2D eigenvalue weighted by atomic mass is 16.5. The van der Waals surface area contributed by atoms with Crippen LogP contribution in [0.5, 0.6) is 11.5 Å². The van der Waals surface area contributed by atoms with Gasteiger partial charge in [0.25, 0.3) is 0 Å². The van der Waals surface area contributed by atoms with Crippen LogP contribution in [0.4, 0.5) is 0 Å². The molecule has 0 saturated carbocycles. The first-order valence-electron chi connectivity index (χ1n) is 5.82. The molecule has 1 aromatic rings. The van der Waals surface area contributed by atoms with Crippen molar-refractivity contribution < 1.29 is 14.2 Å². The third kappa shape index (κ3) is 2.70. The van der Waals surface area contributed by atoms with E-state index >= 15 is 0 Å². The Bertz CT molecular complexity index is 381. The molecule has 2 unspecified atom stereocenters. The Kier molecular flexibility index (Phi) is 3.86. The monoisotopic (exact) mass is 237 g/mol. The van der Waals surface area contributed by atoms with Gasteiger partial charge in [0.1, 0.15) is 11.5 Å². The van der Waals surface area contributed by atoms with E-state index in [0.29, 0.717) is 0 Å². The summed E-state index contributed by atoms with van der Waals surface area (Å²) in [5.41, 5.74) is 1.03. The largest absolute Gasteiger partial charge is 0.497 e. The topological polar surface area (TPSA) is 39.7 Å². The molecule has 1 aliphatic rings. The van der Waals surface area contributed by atoms with Crippen LogP contribution in [0.2, 0.25) is 0 Å². The number of hydrogen-bond donors (Lipinski definition) is 1. The zero-order valence-electron chi connectivity index (χ0n) is 10.5. The Morgan fingerprint density at radius 3 is 2.71 bits per heavy atom. The maximum Gasteiger partial charge on any atom is 0.124 e. The van der Waals surface area contributed by atoms with Crippen LogP contribution >= 0.6 is 0 Å². The Morgan fingerprint density at radius 2 is 2.06 bits per heavy atom. The van der Waals surface area contributed by atoms with E-state index in [4.69, 9.17) is 14.2 Å². The molecule has 1 N–H and O–H groups in total. The summed E-state index contributed by atoms with van der Waals surface area (Å²) in [5.74, 6) is 1.66. The highest BCUT2D eigenvalue weighted by molar-refractivity contribution is 5.42. The van der Waals surface area contributed by atoms with Crippen LogP contribution < -0.4 is 14.8 Å². The van der Waals surface area contributed by atoms with Gasteiger partial charge in [-0.1, -0.05) is 0 Å². The Morgan fingerprint density at radius 1 is 1.24 bits per heavy atom. The Hall–Kier alpha value is -1.26. The van der Waals surface area contributed by atoms with E-state index in [1.165, 1.54) is 0 Å². The van der Waals surface area contributed by atoms with Crippen LogP contribution in [-0.4, -0.2) is 33.4 Å². The third-order valence-electron chi connectivity index (χ3n) is 2.94. The van der Waals surface area contributed by atoms with E-state index in [2.05, 4.69) is 12.2 Å². The lowest BCUT2D eigenvalue weighted by Crippen LogP contribution is -2.39. The molecule has 0 bridgehead atoms. The first-order valence-corrected chi connectivity index (χ1v) is 5.82. The van der Waals surface area contributed by atoms with Crippen LogP contribution in [0.1, 0.15) is 18.6 Å². The molecule has 1 fully saturated rings. The average molecular weight is 237 g/mol. The molecule has 1 aliphatic heterocycles. The molecule has 1 saturated heterocycles. The lowest BCUT2D eigenvalue weighted by molar-refractivity contribution is -0.0297. The fourth-order valence-electron chi connectivity index (χ4n) is 2.07. The van der Waals surface area contributed by atoms with Crippen LogP contribution in [0, 0.1) is 0 Å². The summed E-state index contributed by atoms with van der Waals surface area (Å²) >= 11 is 0. The van der Waals surface area contributed by atoms with Gasteiger partial charge in [-0.2, -0.15) is 0 Å². The molecule has 0 spiro atoms. The van der Waals surface area contributed by atoms with Crippen molar-refractivity contribution in [1.29, 1.82) is 0 Å². The third-order valence-corrected chi connectivity index (χ3v) is 2.94. The minimum atomic E-state index is 0.0174. The predicted octanol–water partition coefficient (Wildman–Crippen LogP) is 1.75. The maximum absolute atomic E-state index is 5.92. The summed E-state index contributed by atoms with van der Waals surface area (Å²) in [6, 6.07) is 5.78. The first kappa shape index (κ1) is 12.2. The van der Waals surface area contributed by atoms with Gasteiger partial charge in [-0.15, -0.1) is 0 Å². The fourth-order valence-corrected chi connectivity index (χ4v) is 2.07. The lowest BCUT2D eigenvalue weighted by Gasteiger charge is -2.30.